The van der Waals surface area contributed by atoms with Gasteiger partial charge >= 0.3 is 0 Å². The van der Waals surface area contributed by atoms with Crippen LogP contribution in [-0.2, 0) is 6.54 Å². The largest absolute Gasteiger partial charge is 0.339 e. The third-order valence-electron chi connectivity index (χ3n) is 4.86. The predicted molar refractivity (Wildman–Crippen MR) is 96.0 cm³/mol. The summed E-state index contributed by atoms with van der Waals surface area (Å²) >= 11 is 1.63. The first-order chi connectivity index (χ1) is 12.2. The average molecular weight is 357 g/mol. The van der Waals surface area contributed by atoms with Gasteiger partial charge in [0.25, 0.3) is 0 Å². The summed E-state index contributed by atoms with van der Waals surface area (Å²) in [6.07, 6.45) is 1.97. The second kappa shape index (κ2) is 7.06. The molecule has 0 N–H and O–H groups in total. The third kappa shape index (κ3) is 3.65. The van der Waals surface area contributed by atoms with Gasteiger partial charge in [-0.3, -0.25) is 4.90 Å². The number of likely N-dealkylation sites (tertiary alicyclic amines) is 1. The van der Waals surface area contributed by atoms with E-state index in [0.717, 1.165) is 55.1 Å². The number of rotatable bonds is 4. The molecule has 1 aromatic carbocycles. The number of piperidine rings is 1. The van der Waals surface area contributed by atoms with E-state index in [-0.39, 0.29) is 5.82 Å². The number of aromatic nitrogens is 2. The molecule has 1 aliphatic rings. The molecule has 3 aromatic rings. The zero-order valence-electron chi connectivity index (χ0n) is 14.1. The normalized spacial score (nSPS) is 16.4. The standard InChI is InChI=1S/C19H20FN3OS/c1-13-2-3-17(20)10-16(13)11-23-7-4-14(5-8-23)19-21-18(22-24-19)15-6-9-25-12-15/h2-3,6,9-10,12,14H,4-5,7-8,11H2,1H3. The fourth-order valence-corrected chi connectivity index (χ4v) is 3.93. The fraction of sp³-hybridized carbons (Fsp3) is 0.368. The molecule has 6 heteroatoms. The van der Waals surface area contributed by atoms with Crippen LogP contribution in [0.15, 0.2) is 39.5 Å². The Morgan fingerprint density at radius 2 is 2.12 bits per heavy atom. The van der Waals surface area contributed by atoms with Crippen LogP contribution in [0.5, 0.6) is 0 Å². The van der Waals surface area contributed by atoms with Gasteiger partial charge in [0.15, 0.2) is 0 Å². The number of nitrogens with zero attached hydrogens (tertiary/aromatic N) is 3. The maximum absolute atomic E-state index is 13.5. The van der Waals surface area contributed by atoms with Crippen molar-refractivity contribution in [3.63, 3.8) is 0 Å². The molecule has 4 rings (SSSR count). The van der Waals surface area contributed by atoms with Crippen LogP contribution in [0.1, 0.15) is 35.8 Å². The Morgan fingerprint density at radius 1 is 1.28 bits per heavy atom. The Kier molecular flexibility index (Phi) is 4.63. The van der Waals surface area contributed by atoms with E-state index in [9.17, 15) is 4.39 Å². The highest BCUT2D eigenvalue weighted by atomic mass is 32.1. The molecule has 1 aliphatic heterocycles. The predicted octanol–water partition coefficient (Wildman–Crippen LogP) is 4.63. The maximum atomic E-state index is 13.5. The van der Waals surface area contributed by atoms with Crippen LogP contribution in [-0.4, -0.2) is 28.1 Å². The lowest BCUT2D eigenvalue weighted by molar-refractivity contribution is 0.187. The highest BCUT2D eigenvalue weighted by Crippen LogP contribution is 2.29. The molecule has 3 heterocycles. The van der Waals surface area contributed by atoms with Crippen LogP contribution in [0.3, 0.4) is 0 Å². The van der Waals surface area contributed by atoms with E-state index in [1.165, 1.54) is 6.07 Å². The highest BCUT2D eigenvalue weighted by Gasteiger charge is 2.25. The van der Waals surface area contributed by atoms with Crippen molar-refractivity contribution >= 4 is 11.3 Å². The minimum absolute atomic E-state index is 0.165. The Bertz CT molecular complexity index is 838. The first kappa shape index (κ1) is 16.4. The molecule has 130 valence electrons. The van der Waals surface area contributed by atoms with Crippen LogP contribution in [0.2, 0.25) is 0 Å². The first-order valence-electron chi connectivity index (χ1n) is 8.52. The number of benzene rings is 1. The van der Waals surface area contributed by atoms with E-state index in [1.54, 1.807) is 17.4 Å². The Morgan fingerprint density at radius 3 is 2.88 bits per heavy atom. The lowest BCUT2D eigenvalue weighted by Crippen LogP contribution is -2.32. The molecular weight excluding hydrogens is 337 g/mol. The zero-order valence-corrected chi connectivity index (χ0v) is 14.9. The minimum atomic E-state index is -0.165. The van der Waals surface area contributed by atoms with Crippen LogP contribution in [0.25, 0.3) is 11.4 Å². The molecule has 0 spiro atoms. The summed E-state index contributed by atoms with van der Waals surface area (Å²) in [6, 6.07) is 7.02. The smallest absolute Gasteiger partial charge is 0.230 e. The summed E-state index contributed by atoms with van der Waals surface area (Å²) in [7, 11) is 0. The van der Waals surface area contributed by atoms with Crippen molar-refractivity contribution in [2.45, 2.75) is 32.2 Å². The number of halogens is 1. The van der Waals surface area contributed by atoms with Crippen molar-refractivity contribution in [1.82, 2.24) is 15.0 Å². The van der Waals surface area contributed by atoms with Gasteiger partial charge < -0.3 is 4.52 Å². The minimum Gasteiger partial charge on any atom is -0.339 e. The molecule has 0 radical (unpaired) electrons. The van der Waals surface area contributed by atoms with Crippen LogP contribution < -0.4 is 0 Å². The molecule has 1 fully saturated rings. The Balaban J connectivity index is 1.38. The van der Waals surface area contributed by atoms with Crippen LogP contribution in [0, 0.1) is 12.7 Å². The third-order valence-corrected chi connectivity index (χ3v) is 5.55. The summed E-state index contributed by atoms with van der Waals surface area (Å²) in [5.74, 6) is 1.56. The van der Waals surface area contributed by atoms with E-state index in [2.05, 4.69) is 15.0 Å². The van der Waals surface area contributed by atoms with Gasteiger partial charge in [0, 0.05) is 23.4 Å². The fourth-order valence-electron chi connectivity index (χ4n) is 3.30. The van der Waals surface area contributed by atoms with Crippen molar-refractivity contribution in [1.29, 1.82) is 0 Å². The second-order valence-corrected chi connectivity index (χ2v) is 7.37. The van der Waals surface area contributed by atoms with Gasteiger partial charge in [0.05, 0.1) is 0 Å². The summed E-state index contributed by atoms with van der Waals surface area (Å²) in [6.45, 7) is 4.74. The monoisotopic (exact) mass is 357 g/mol. The van der Waals surface area contributed by atoms with Gasteiger partial charge in [-0.05, 0) is 67.6 Å². The number of hydrogen-bond donors (Lipinski definition) is 0. The average Bonchev–Trinajstić information content (AvgIpc) is 3.30. The van der Waals surface area contributed by atoms with E-state index < -0.39 is 0 Å². The van der Waals surface area contributed by atoms with Crippen molar-refractivity contribution < 1.29 is 8.91 Å². The van der Waals surface area contributed by atoms with E-state index in [4.69, 9.17) is 4.52 Å². The highest BCUT2D eigenvalue weighted by molar-refractivity contribution is 7.08. The molecule has 25 heavy (non-hydrogen) atoms. The summed E-state index contributed by atoms with van der Waals surface area (Å²) in [5.41, 5.74) is 3.22. The van der Waals surface area contributed by atoms with Crippen LogP contribution >= 0.6 is 11.3 Å². The maximum Gasteiger partial charge on any atom is 0.230 e. The van der Waals surface area contributed by atoms with Gasteiger partial charge in [-0.25, -0.2) is 4.39 Å². The van der Waals surface area contributed by atoms with Gasteiger partial charge in [0.1, 0.15) is 5.82 Å². The van der Waals surface area contributed by atoms with Crippen molar-refractivity contribution in [3.8, 4) is 11.4 Å². The van der Waals surface area contributed by atoms with Gasteiger partial charge in [-0.15, -0.1) is 0 Å². The SMILES string of the molecule is Cc1ccc(F)cc1CN1CCC(c2nc(-c3ccsc3)no2)CC1. The quantitative estimate of drug-likeness (QED) is 0.683. The summed E-state index contributed by atoms with van der Waals surface area (Å²) in [4.78, 5) is 6.94. The van der Waals surface area contributed by atoms with Crippen molar-refractivity contribution in [3.05, 3.63) is 57.9 Å². The Hall–Kier alpha value is -2.05. The molecular formula is C19H20FN3OS. The first-order valence-corrected chi connectivity index (χ1v) is 9.47. The molecule has 4 nitrogen and oxygen atoms in total. The molecule has 0 aliphatic carbocycles. The lowest BCUT2D eigenvalue weighted by Gasteiger charge is -2.30. The molecule has 0 atom stereocenters. The van der Waals surface area contributed by atoms with Gasteiger partial charge in [-0.1, -0.05) is 11.2 Å². The molecule has 0 bridgehead atoms. The molecule has 2 aromatic heterocycles. The number of hydrogen-bond acceptors (Lipinski definition) is 5. The summed E-state index contributed by atoms with van der Waals surface area (Å²) < 4.78 is 18.9. The van der Waals surface area contributed by atoms with Gasteiger partial charge in [-0.2, -0.15) is 16.3 Å². The molecule has 1 saturated heterocycles. The van der Waals surface area contributed by atoms with E-state index in [1.807, 2.05) is 29.8 Å². The molecule has 0 amide bonds. The number of aryl methyl sites for hydroxylation is 1. The topological polar surface area (TPSA) is 42.2 Å². The Labute approximate surface area is 150 Å². The van der Waals surface area contributed by atoms with E-state index >= 15 is 0 Å². The van der Waals surface area contributed by atoms with Crippen molar-refractivity contribution in [2.75, 3.05) is 13.1 Å². The van der Waals surface area contributed by atoms with E-state index in [0.29, 0.717) is 11.7 Å². The molecule has 0 saturated carbocycles. The van der Waals surface area contributed by atoms with Crippen molar-refractivity contribution in [2.24, 2.45) is 0 Å². The zero-order chi connectivity index (χ0) is 17.2. The summed E-state index contributed by atoms with van der Waals surface area (Å²) in [5, 5.41) is 8.15. The lowest BCUT2D eigenvalue weighted by atomic mass is 9.96. The van der Waals surface area contributed by atoms with Crippen LogP contribution in [0.4, 0.5) is 4.39 Å². The number of thiophene rings is 1. The molecule has 0 unspecified atom stereocenters. The second-order valence-electron chi connectivity index (χ2n) is 6.59. The van der Waals surface area contributed by atoms with Gasteiger partial charge in [0.2, 0.25) is 11.7 Å².